The first kappa shape index (κ1) is 14.2. The minimum atomic E-state index is -0.159. The molecule has 1 heterocycles. The number of aryl methyl sites for hydroxylation is 1. The summed E-state index contributed by atoms with van der Waals surface area (Å²) in [4.78, 5) is 15.9. The predicted molar refractivity (Wildman–Crippen MR) is 74.0 cm³/mol. The molecule has 1 fully saturated rings. The van der Waals surface area contributed by atoms with Crippen LogP contribution in [0.5, 0.6) is 0 Å². The average Bonchev–Trinajstić information content (AvgIpc) is 2.83. The highest BCUT2D eigenvalue weighted by molar-refractivity contribution is 7.99. The zero-order valence-electron chi connectivity index (χ0n) is 11.3. The smallest absolute Gasteiger partial charge is 0.315 e. The van der Waals surface area contributed by atoms with Crippen LogP contribution in [0.3, 0.4) is 0 Å². The van der Waals surface area contributed by atoms with Gasteiger partial charge in [0.15, 0.2) is 5.82 Å². The Morgan fingerprint density at radius 3 is 2.95 bits per heavy atom. The summed E-state index contributed by atoms with van der Waals surface area (Å²) >= 11 is 1.83. The lowest BCUT2D eigenvalue weighted by atomic mass is 9.95. The second-order valence-electron chi connectivity index (χ2n) is 4.72. The maximum absolute atomic E-state index is 11.8. The molecule has 0 saturated heterocycles. The molecule has 19 heavy (non-hydrogen) atoms. The van der Waals surface area contributed by atoms with E-state index in [0.29, 0.717) is 23.5 Å². The monoisotopic (exact) mass is 284 g/mol. The summed E-state index contributed by atoms with van der Waals surface area (Å²) in [5.74, 6) is 1.00. The zero-order chi connectivity index (χ0) is 13.7. The fraction of sp³-hybridized carbons (Fsp3) is 0.750. The van der Waals surface area contributed by atoms with Crippen molar-refractivity contribution < 1.29 is 9.32 Å². The van der Waals surface area contributed by atoms with Gasteiger partial charge in [-0.2, -0.15) is 16.7 Å². The molecule has 7 heteroatoms. The Balaban J connectivity index is 1.77. The summed E-state index contributed by atoms with van der Waals surface area (Å²) < 4.78 is 4.85. The molecular weight excluding hydrogens is 264 g/mol. The van der Waals surface area contributed by atoms with E-state index in [1.807, 2.05) is 11.8 Å². The van der Waals surface area contributed by atoms with Crippen molar-refractivity contribution in [1.82, 2.24) is 20.8 Å². The van der Waals surface area contributed by atoms with E-state index in [0.717, 1.165) is 6.42 Å². The Morgan fingerprint density at radius 1 is 1.47 bits per heavy atom. The van der Waals surface area contributed by atoms with Gasteiger partial charge < -0.3 is 15.2 Å². The number of nitrogens with zero attached hydrogens (tertiary/aromatic N) is 2. The number of hydrogen-bond acceptors (Lipinski definition) is 5. The Kier molecular flexibility index (Phi) is 5.07. The molecular formula is C12H20N4O2S. The van der Waals surface area contributed by atoms with Gasteiger partial charge in [-0.05, 0) is 19.1 Å². The molecule has 1 aromatic rings. The molecule has 0 radical (unpaired) electrons. The summed E-state index contributed by atoms with van der Waals surface area (Å²) in [5, 5.41) is 10.1. The molecule has 2 N–H and O–H groups in total. The van der Waals surface area contributed by atoms with E-state index in [1.165, 1.54) is 19.3 Å². The molecule has 0 aromatic carbocycles. The Bertz CT molecular complexity index is 424. The van der Waals surface area contributed by atoms with E-state index < -0.39 is 0 Å². The second kappa shape index (κ2) is 6.79. The van der Waals surface area contributed by atoms with Crippen LogP contribution < -0.4 is 10.6 Å². The molecule has 0 spiro atoms. The minimum Gasteiger partial charge on any atom is -0.340 e. The fourth-order valence-corrected chi connectivity index (χ4v) is 3.27. The number of hydrogen-bond donors (Lipinski definition) is 2. The molecule has 6 nitrogen and oxygen atoms in total. The number of nitrogens with one attached hydrogen (secondary N) is 2. The van der Waals surface area contributed by atoms with Crippen LogP contribution in [0, 0.1) is 6.92 Å². The SMILES string of the molecule is CS[C@@H]1CCCC[C@H]1NC(=O)NCc1noc(C)n1. The normalized spacial score (nSPS) is 23.1. The average molecular weight is 284 g/mol. The third kappa shape index (κ3) is 4.12. The molecule has 1 saturated carbocycles. The number of thioether (sulfide) groups is 1. The van der Waals surface area contributed by atoms with Gasteiger partial charge in [-0.1, -0.05) is 18.0 Å². The van der Waals surface area contributed by atoms with Crippen molar-refractivity contribution in [3.05, 3.63) is 11.7 Å². The van der Waals surface area contributed by atoms with E-state index in [4.69, 9.17) is 4.52 Å². The Labute approximate surface area is 117 Å². The topological polar surface area (TPSA) is 80.0 Å². The van der Waals surface area contributed by atoms with Crippen LogP contribution in [0.15, 0.2) is 4.52 Å². The van der Waals surface area contributed by atoms with Crippen molar-refractivity contribution in [2.75, 3.05) is 6.26 Å². The molecule has 1 aliphatic rings. The van der Waals surface area contributed by atoms with Crippen LogP contribution in [0.25, 0.3) is 0 Å². The van der Waals surface area contributed by atoms with Gasteiger partial charge in [-0.3, -0.25) is 0 Å². The molecule has 0 bridgehead atoms. The van der Waals surface area contributed by atoms with E-state index in [1.54, 1.807) is 6.92 Å². The lowest BCUT2D eigenvalue weighted by Gasteiger charge is -2.30. The lowest BCUT2D eigenvalue weighted by Crippen LogP contribution is -2.47. The molecule has 1 aromatic heterocycles. The first-order valence-corrected chi connectivity index (χ1v) is 7.84. The highest BCUT2D eigenvalue weighted by atomic mass is 32.2. The van der Waals surface area contributed by atoms with Crippen LogP contribution in [0.2, 0.25) is 0 Å². The van der Waals surface area contributed by atoms with Gasteiger partial charge in [0.1, 0.15) is 0 Å². The van der Waals surface area contributed by atoms with Crippen molar-refractivity contribution in [2.45, 2.75) is 50.4 Å². The van der Waals surface area contributed by atoms with Crippen LogP contribution in [-0.4, -0.2) is 33.7 Å². The van der Waals surface area contributed by atoms with Crippen molar-refractivity contribution in [1.29, 1.82) is 0 Å². The van der Waals surface area contributed by atoms with Crippen molar-refractivity contribution in [3.8, 4) is 0 Å². The summed E-state index contributed by atoms with van der Waals surface area (Å²) in [6.07, 6.45) is 6.78. The maximum atomic E-state index is 11.8. The lowest BCUT2D eigenvalue weighted by molar-refractivity contribution is 0.232. The third-order valence-electron chi connectivity index (χ3n) is 3.30. The maximum Gasteiger partial charge on any atom is 0.315 e. The summed E-state index contributed by atoms with van der Waals surface area (Å²) in [5.41, 5.74) is 0. The number of urea groups is 1. The zero-order valence-corrected chi connectivity index (χ0v) is 12.1. The van der Waals surface area contributed by atoms with Crippen molar-refractivity contribution >= 4 is 17.8 Å². The van der Waals surface area contributed by atoms with Crippen LogP contribution in [0.4, 0.5) is 4.79 Å². The fourth-order valence-electron chi connectivity index (χ4n) is 2.34. The molecule has 0 aliphatic heterocycles. The summed E-state index contributed by atoms with van der Waals surface area (Å²) in [6.45, 7) is 2.02. The second-order valence-corrected chi connectivity index (χ2v) is 5.80. The van der Waals surface area contributed by atoms with E-state index in [-0.39, 0.29) is 12.1 Å². The highest BCUT2D eigenvalue weighted by Gasteiger charge is 2.25. The largest absolute Gasteiger partial charge is 0.340 e. The third-order valence-corrected chi connectivity index (χ3v) is 4.47. The van der Waals surface area contributed by atoms with E-state index in [2.05, 4.69) is 27.0 Å². The quantitative estimate of drug-likeness (QED) is 0.882. The van der Waals surface area contributed by atoms with E-state index >= 15 is 0 Å². The first-order valence-electron chi connectivity index (χ1n) is 6.55. The number of carbonyl (C=O) groups is 1. The number of rotatable bonds is 4. The molecule has 0 unspecified atom stereocenters. The predicted octanol–water partition coefficient (Wildman–Crippen LogP) is 1.85. The van der Waals surface area contributed by atoms with E-state index in [9.17, 15) is 4.79 Å². The number of amides is 2. The first-order chi connectivity index (χ1) is 9.19. The van der Waals surface area contributed by atoms with Gasteiger partial charge in [0.25, 0.3) is 0 Å². The van der Waals surface area contributed by atoms with Crippen LogP contribution in [0.1, 0.15) is 37.4 Å². The van der Waals surface area contributed by atoms with Gasteiger partial charge in [-0.15, -0.1) is 0 Å². The van der Waals surface area contributed by atoms with Crippen molar-refractivity contribution in [2.24, 2.45) is 0 Å². The van der Waals surface area contributed by atoms with Gasteiger partial charge in [-0.25, -0.2) is 4.79 Å². The Morgan fingerprint density at radius 2 is 2.26 bits per heavy atom. The van der Waals surface area contributed by atoms with Gasteiger partial charge >= 0.3 is 6.03 Å². The molecule has 2 rings (SSSR count). The Hall–Kier alpha value is -1.24. The molecule has 2 amide bonds. The van der Waals surface area contributed by atoms with Gasteiger partial charge in [0, 0.05) is 18.2 Å². The molecule has 2 atom stereocenters. The van der Waals surface area contributed by atoms with Gasteiger partial charge in [0.05, 0.1) is 6.54 Å². The number of aromatic nitrogens is 2. The minimum absolute atomic E-state index is 0.159. The van der Waals surface area contributed by atoms with Crippen LogP contribution in [-0.2, 0) is 6.54 Å². The number of carbonyl (C=O) groups excluding carboxylic acids is 1. The standard InChI is InChI=1S/C12H20N4O2S/c1-8-14-11(16-18-8)7-13-12(17)15-9-5-3-4-6-10(9)19-2/h9-10H,3-7H2,1-2H3,(H2,13,15,17)/t9-,10-/m1/s1. The molecule has 1 aliphatic carbocycles. The highest BCUT2D eigenvalue weighted by Crippen LogP contribution is 2.26. The van der Waals surface area contributed by atoms with Gasteiger partial charge in [0.2, 0.25) is 5.89 Å². The van der Waals surface area contributed by atoms with Crippen LogP contribution >= 0.6 is 11.8 Å². The molecule has 106 valence electrons. The summed E-state index contributed by atoms with van der Waals surface area (Å²) in [7, 11) is 0. The summed E-state index contributed by atoms with van der Waals surface area (Å²) in [6, 6.07) is 0.101. The van der Waals surface area contributed by atoms with Crippen molar-refractivity contribution in [3.63, 3.8) is 0 Å².